The molecule has 0 aliphatic rings. The maximum absolute atomic E-state index is 12.3. The summed E-state index contributed by atoms with van der Waals surface area (Å²) in [5.74, 6) is 1.76. The molecule has 2 heterocycles. The molecule has 4 rings (SSSR count). The first-order valence-electron chi connectivity index (χ1n) is 9.40. The van der Waals surface area contributed by atoms with Gasteiger partial charge in [-0.1, -0.05) is 35.1 Å². The van der Waals surface area contributed by atoms with Crippen LogP contribution in [0.5, 0.6) is 5.75 Å². The van der Waals surface area contributed by atoms with Crippen LogP contribution in [-0.4, -0.2) is 17.5 Å². The van der Waals surface area contributed by atoms with Crippen molar-refractivity contribution in [3.63, 3.8) is 0 Å². The Morgan fingerprint density at radius 3 is 2.90 bits per heavy atom. The van der Waals surface area contributed by atoms with Gasteiger partial charge in [0.05, 0.1) is 16.8 Å². The van der Waals surface area contributed by atoms with Gasteiger partial charge in [-0.3, -0.25) is 10.1 Å². The van der Waals surface area contributed by atoms with Gasteiger partial charge in [-0.05, 0) is 61.9 Å². The molecular weight excluding hydrogens is 420 g/mol. The number of ether oxygens (including phenoxy) is 1. The Hall–Kier alpha value is -3.09. The second kappa shape index (κ2) is 8.73. The van der Waals surface area contributed by atoms with Gasteiger partial charge in [-0.25, -0.2) is 4.98 Å². The van der Waals surface area contributed by atoms with Crippen LogP contribution in [0.25, 0.3) is 27.6 Å². The zero-order valence-corrected chi connectivity index (χ0v) is 18.0. The molecule has 1 amide bonds. The SMILES string of the molecule is CCOc1ccc2nc(NC(=O)C=Cc3ccc(-c4ccc(C)c(Cl)c4)o3)sc2c1. The summed E-state index contributed by atoms with van der Waals surface area (Å²) < 4.78 is 12.2. The number of amides is 1. The molecule has 5 nitrogen and oxygen atoms in total. The molecule has 0 radical (unpaired) electrons. The van der Waals surface area contributed by atoms with Crippen LogP contribution in [-0.2, 0) is 4.79 Å². The number of anilines is 1. The number of furan rings is 1. The number of aryl methyl sites for hydroxylation is 1. The number of hydrogen-bond donors (Lipinski definition) is 1. The number of rotatable bonds is 6. The van der Waals surface area contributed by atoms with Crippen molar-refractivity contribution in [3.05, 3.63) is 71.0 Å². The minimum absolute atomic E-state index is 0.282. The van der Waals surface area contributed by atoms with Gasteiger partial charge in [0.1, 0.15) is 17.3 Å². The largest absolute Gasteiger partial charge is 0.494 e. The standard InChI is InChI=1S/C23H19ClN2O3S/c1-3-28-17-6-9-19-21(13-17)30-23(25-19)26-22(27)11-8-16-7-10-20(29-16)15-5-4-14(2)18(24)12-15/h4-13H,3H2,1-2H3,(H,25,26,27). The Morgan fingerprint density at radius 2 is 2.10 bits per heavy atom. The highest BCUT2D eigenvalue weighted by molar-refractivity contribution is 7.22. The average molecular weight is 439 g/mol. The van der Waals surface area contributed by atoms with Crippen LogP contribution in [0.2, 0.25) is 5.02 Å². The number of carbonyl (C=O) groups excluding carboxylic acids is 1. The molecular formula is C23H19ClN2O3S. The van der Waals surface area contributed by atoms with Gasteiger partial charge in [0.25, 0.3) is 0 Å². The van der Waals surface area contributed by atoms with E-state index in [4.69, 9.17) is 20.8 Å². The van der Waals surface area contributed by atoms with Gasteiger partial charge in [0.2, 0.25) is 5.91 Å². The fraction of sp³-hybridized carbons (Fsp3) is 0.130. The van der Waals surface area contributed by atoms with Gasteiger partial charge in [-0.2, -0.15) is 0 Å². The lowest BCUT2D eigenvalue weighted by Gasteiger charge is -2.00. The molecule has 2 aromatic heterocycles. The number of nitrogens with zero attached hydrogens (tertiary/aromatic N) is 1. The molecule has 0 unspecified atom stereocenters. The van der Waals surface area contributed by atoms with Crippen molar-refractivity contribution in [3.8, 4) is 17.1 Å². The molecule has 1 N–H and O–H groups in total. The molecule has 152 valence electrons. The lowest BCUT2D eigenvalue weighted by Crippen LogP contribution is -2.07. The maximum atomic E-state index is 12.3. The molecule has 0 saturated heterocycles. The summed E-state index contributed by atoms with van der Waals surface area (Å²) in [6, 6.07) is 15.1. The topological polar surface area (TPSA) is 64.4 Å². The fourth-order valence-corrected chi connectivity index (χ4v) is 3.94. The average Bonchev–Trinajstić information content (AvgIpc) is 3.35. The first-order chi connectivity index (χ1) is 14.5. The smallest absolute Gasteiger partial charge is 0.250 e. The van der Waals surface area contributed by atoms with Gasteiger partial charge in [0.15, 0.2) is 5.13 Å². The lowest BCUT2D eigenvalue weighted by molar-refractivity contribution is -0.111. The molecule has 0 saturated carbocycles. The van der Waals surface area contributed by atoms with Crippen LogP contribution in [0, 0.1) is 6.92 Å². The summed E-state index contributed by atoms with van der Waals surface area (Å²) in [7, 11) is 0. The van der Waals surface area contributed by atoms with E-state index in [1.165, 1.54) is 17.4 Å². The lowest BCUT2D eigenvalue weighted by atomic mass is 10.1. The van der Waals surface area contributed by atoms with E-state index < -0.39 is 0 Å². The number of nitrogens with one attached hydrogen (secondary N) is 1. The van der Waals surface area contributed by atoms with E-state index >= 15 is 0 Å². The molecule has 0 aliphatic carbocycles. The van der Waals surface area contributed by atoms with E-state index in [9.17, 15) is 4.79 Å². The Bertz CT molecular complexity index is 1240. The second-order valence-electron chi connectivity index (χ2n) is 6.57. The van der Waals surface area contributed by atoms with E-state index in [1.54, 1.807) is 12.1 Å². The van der Waals surface area contributed by atoms with Crippen molar-refractivity contribution in [2.24, 2.45) is 0 Å². The summed E-state index contributed by atoms with van der Waals surface area (Å²) in [6.45, 7) is 4.49. The number of fused-ring (bicyclic) bond motifs is 1. The van der Waals surface area contributed by atoms with E-state index in [-0.39, 0.29) is 5.91 Å². The first-order valence-corrected chi connectivity index (χ1v) is 10.6. The Kier molecular flexibility index (Phi) is 5.88. The number of benzene rings is 2. The monoisotopic (exact) mass is 438 g/mol. The molecule has 0 atom stereocenters. The number of carbonyl (C=O) groups is 1. The summed E-state index contributed by atoms with van der Waals surface area (Å²) in [4.78, 5) is 16.7. The van der Waals surface area contributed by atoms with Crippen LogP contribution in [0.15, 0.2) is 59.0 Å². The van der Waals surface area contributed by atoms with Gasteiger partial charge < -0.3 is 9.15 Å². The Morgan fingerprint density at radius 1 is 1.23 bits per heavy atom. The third-order valence-corrected chi connectivity index (χ3v) is 5.72. The highest BCUT2D eigenvalue weighted by atomic mass is 35.5. The quantitative estimate of drug-likeness (QED) is 0.346. The van der Waals surface area contributed by atoms with E-state index in [0.717, 1.165) is 27.1 Å². The van der Waals surface area contributed by atoms with Crippen molar-refractivity contribution in [1.29, 1.82) is 0 Å². The zero-order valence-electron chi connectivity index (χ0n) is 16.4. The number of halogens is 1. The van der Waals surface area contributed by atoms with E-state index in [2.05, 4.69) is 10.3 Å². The van der Waals surface area contributed by atoms with E-state index in [0.29, 0.717) is 28.3 Å². The Labute approximate surface area is 183 Å². The number of aromatic nitrogens is 1. The van der Waals surface area contributed by atoms with Crippen LogP contribution in [0.3, 0.4) is 0 Å². The second-order valence-corrected chi connectivity index (χ2v) is 8.01. The first kappa shape index (κ1) is 20.2. The minimum Gasteiger partial charge on any atom is -0.494 e. The summed E-state index contributed by atoms with van der Waals surface area (Å²) in [5, 5.41) is 4.00. The number of thiazole rings is 1. The van der Waals surface area contributed by atoms with Gasteiger partial charge >= 0.3 is 0 Å². The van der Waals surface area contributed by atoms with Gasteiger partial charge in [-0.15, -0.1) is 0 Å². The van der Waals surface area contributed by atoms with Crippen LogP contribution in [0.4, 0.5) is 5.13 Å². The third-order valence-electron chi connectivity index (χ3n) is 4.38. The summed E-state index contributed by atoms with van der Waals surface area (Å²) >= 11 is 7.58. The molecule has 0 spiro atoms. The highest BCUT2D eigenvalue weighted by Crippen LogP contribution is 2.30. The van der Waals surface area contributed by atoms with E-state index in [1.807, 2.05) is 56.3 Å². The molecule has 4 aromatic rings. The fourth-order valence-electron chi connectivity index (χ4n) is 2.86. The highest BCUT2D eigenvalue weighted by Gasteiger charge is 2.08. The molecule has 2 aromatic carbocycles. The van der Waals surface area contributed by atoms with Crippen molar-refractivity contribution >= 4 is 50.3 Å². The third kappa shape index (κ3) is 4.56. The van der Waals surface area contributed by atoms with Crippen LogP contribution >= 0.6 is 22.9 Å². The molecule has 0 bridgehead atoms. The maximum Gasteiger partial charge on any atom is 0.250 e. The molecule has 0 aliphatic heterocycles. The minimum atomic E-state index is -0.282. The van der Waals surface area contributed by atoms with Gasteiger partial charge in [0, 0.05) is 16.7 Å². The predicted molar refractivity (Wildman–Crippen MR) is 122 cm³/mol. The normalized spacial score (nSPS) is 11.3. The summed E-state index contributed by atoms with van der Waals surface area (Å²) in [5.41, 5.74) is 2.71. The van der Waals surface area contributed by atoms with Crippen molar-refractivity contribution in [1.82, 2.24) is 4.98 Å². The van der Waals surface area contributed by atoms with Crippen molar-refractivity contribution in [2.75, 3.05) is 11.9 Å². The van der Waals surface area contributed by atoms with Crippen molar-refractivity contribution in [2.45, 2.75) is 13.8 Å². The van der Waals surface area contributed by atoms with Crippen LogP contribution in [0.1, 0.15) is 18.2 Å². The number of hydrogen-bond acceptors (Lipinski definition) is 5. The Balaban J connectivity index is 1.43. The molecule has 7 heteroatoms. The molecule has 30 heavy (non-hydrogen) atoms. The zero-order chi connectivity index (χ0) is 21.1. The van der Waals surface area contributed by atoms with Crippen LogP contribution < -0.4 is 10.1 Å². The summed E-state index contributed by atoms with van der Waals surface area (Å²) in [6.07, 6.45) is 3.04. The predicted octanol–water partition coefficient (Wildman–Crippen LogP) is 6.57. The molecule has 0 fully saturated rings. The van der Waals surface area contributed by atoms with Crippen molar-refractivity contribution < 1.29 is 13.9 Å².